The van der Waals surface area contributed by atoms with Crippen LogP contribution in [0.25, 0.3) is 0 Å². The van der Waals surface area contributed by atoms with Crippen molar-refractivity contribution < 1.29 is 9.59 Å². The fourth-order valence-corrected chi connectivity index (χ4v) is 2.82. The highest BCUT2D eigenvalue weighted by molar-refractivity contribution is 5.90. The zero-order valence-corrected chi connectivity index (χ0v) is 10.9. The summed E-state index contributed by atoms with van der Waals surface area (Å²) in [6.45, 7) is 1.74. The van der Waals surface area contributed by atoms with Crippen LogP contribution in [0.3, 0.4) is 0 Å². The van der Waals surface area contributed by atoms with Gasteiger partial charge in [0.1, 0.15) is 0 Å². The van der Waals surface area contributed by atoms with Gasteiger partial charge in [0.2, 0.25) is 11.8 Å². The number of hydrogen-bond donors (Lipinski definition) is 2. The molecule has 1 aliphatic carbocycles. The average Bonchev–Trinajstić information content (AvgIpc) is 2.85. The number of carbonyl (C=O) groups is 2. The molecule has 0 unspecified atom stereocenters. The quantitative estimate of drug-likeness (QED) is 0.764. The SMILES string of the molecule is NC1(C(=O)NCC(=O)N2CCCCC2)CCCC1. The number of rotatable bonds is 3. The molecule has 0 spiro atoms. The van der Waals surface area contributed by atoms with E-state index in [4.69, 9.17) is 5.73 Å². The second-order valence-corrected chi connectivity index (χ2v) is 5.49. The molecule has 3 N–H and O–H groups in total. The van der Waals surface area contributed by atoms with Gasteiger partial charge in [-0.3, -0.25) is 9.59 Å². The Morgan fingerprint density at radius 2 is 1.67 bits per heavy atom. The Morgan fingerprint density at radius 3 is 2.28 bits per heavy atom. The lowest BCUT2D eigenvalue weighted by atomic mass is 9.98. The molecule has 0 bridgehead atoms. The number of carbonyl (C=O) groups excluding carboxylic acids is 2. The van der Waals surface area contributed by atoms with Crippen LogP contribution >= 0.6 is 0 Å². The van der Waals surface area contributed by atoms with Crippen LogP contribution in [0, 0.1) is 0 Å². The first-order valence-electron chi connectivity index (χ1n) is 6.97. The highest BCUT2D eigenvalue weighted by atomic mass is 16.2. The predicted octanol–water partition coefficient (Wildman–Crippen LogP) is 0.387. The molecule has 1 saturated carbocycles. The summed E-state index contributed by atoms with van der Waals surface area (Å²) in [5.41, 5.74) is 5.30. The van der Waals surface area contributed by atoms with E-state index in [1.807, 2.05) is 4.90 Å². The molecule has 1 saturated heterocycles. The van der Waals surface area contributed by atoms with Crippen LogP contribution in [-0.4, -0.2) is 41.9 Å². The molecule has 5 nitrogen and oxygen atoms in total. The Kier molecular flexibility index (Phi) is 4.22. The van der Waals surface area contributed by atoms with Gasteiger partial charge in [-0.1, -0.05) is 12.8 Å². The average molecular weight is 253 g/mol. The smallest absolute Gasteiger partial charge is 0.241 e. The molecule has 2 rings (SSSR count). The lowest BCUT2D eigenvalue weighted by Crippen LogP contribution is -2.54. The predicted molar refractivity (Wildman–Crippen MR) is 68.8 cm³/mol. The zero-order chi connectivity index (χ0) is 13.0. The number of nitrogens with one attached hydrogen (secondary N) is 1. The minimum Gasteiger partial charge on any atom is -0.345 e. The molecule has 2 fully saturated rings. The Balaban J connectivity index is 1.76. The molecule has 18 heavy (non-hydrogen) atoms. The van der Waals surface area contributed by atoms with Crippen LogP contribution in [0.2, 0.25) is 0 Å². The highest BCUT2D eigenvalue weighted by Gasteiger charge is 2.37. The van der Waals surface area contributed by atoms with Crippen LogP contribution in [0.5, 0.6) is 0 Å². The van der Waals surface area contributed by atoms with Gasteiger partial charge in [0.05, 0.1) is 12.1 Å². The van der Waals surface area contributed by atoms with Gasteiger partial charge in [-0.2, -0.15) is 0 Å². The van der Waals surface area contributed by atoms with Crippen molar-refractivity contribution in [3.8, 4) is 0 Å². The number of hydrogen-bond acceptors (Lipinski definition) is 3. The van der Waals surface area contributed by atoms with E-state index in [1.54, 1.807) is 0 Å². The summed E-state index contributed by atoms with van der Waals surface area (Å²) >= 11 is 0. The first-order valence-corrected chi connectivity index (χ1v) is 6.97. The molecule has 1 heterocycles. The molecule has 0 radical (unpaired) electrons. The molecule has 0 aromatic rings. The van der Waals surface area contributed by atoms with Gasteiger partial charge in [0.15, 0.2) is 0 Å². The van der Waals surface area contributed by atoms with Gasteiger partial charge in [0, 0.05) is 13.1 Å². The molecule has 102 valence electrons. The van der Waals surface area contributed by atoms with Crippen LogP contribution in [0.15, 0.2) is 0 Å². The van der Waals surface area contributed by atoms with E-state index in [-0.39, 0.29) is 18.4 Å². The Bertz CT molecular complexity index is 318. The lowest BCUT2D eigenvalue weighted by molar-refractivity contribution is -0.134. The third-order valence-corrected chi connectivity index (χ3v) is 4.06. The van der Waals surface area contributed by atoms with Crippen molar-refractivity contribution in [3.63, 3.8) is 0 Å². The van der Waals surface area contributed by atoms with Crippen molar-refractivity contribution in [2.45, 2.75) is 50.5 Å². The summed E-state index contributed by atoms with van der Waals surface area (Å²) in [6.07, 6.45) is 6.81. The molecule has 0 atom stereocenters. The molecule has 0 aromatic heterocycles. The van der Waals surface area contributed by atoms with Crippen molar-refractivity contribution in [1.29, 1.82) is 0 Å². The van der Waals surface area contributed by atoms with Crippen molar-refractivity contribution in [2.24, 2.45) is 5.73 Å². The minimum atomic E-state index is -0.734. The second-order valence-electron chi connectivity index (χ2n) is 5.49. The van der Waals surface area contributed by atoms with E-state index in [0.717, 1.165) is 51.6 Å². The normalized spacial score (nSPS) is 22.8. The third kappa shape index (κ3) is 3.02. The maximum Gasteiger partial charge on any atom is 0.241 e. The molecule has 1 aliphatic heterocycles. The number of nitrogens with two attached hydrogens (primary N) is 1. The topological polar surface area (TPSA) is 75.4 Å². The molecule has 0 aromatic carbocycles. The number of nitrogens with zero attached hydrogens (tertiary/aromatic N) is 1. The van der Waals surface area contributed by atoms with Gasteiger partial charge in [-0.05, 0) is 32.1 Å². The van der Waals surface area contributed by atoms with Crippen LogP contribution in [0.4, 0.5) is 0 Å². The monoisotopic (exact) mass is 253 g/mol. The van der Waals surface area contributed by atoms with Crippen LogP contribution in [0.1, 0.15) is 44.9 Å². The van der Waals surface area contributed by atoms with Crippen LogP contribution < -0.4 is 11.1 Å². The van der Waals surface area contributed by atoms with Crippen molar-refractivity contribution in [3.05, 3.63) is 0 Å². The first kappa shape index (κ1) is 13.3. The fraction of sp³-hybridized carbons (Fsp3) is 0.846. The van der Waals surface area contributed by atoms with E-state index in [0.29, 0.717) is 0 Å². The highest BCUT2D eigenvalue weighted by Crippen LogP contribution is 2.27. The van der Waals surface area contributed by atoms with E-state index in [9.17, 15) is 9.59 Å². The van der Waals surface area contributed by atoms with Gasteiger partial charge < -0.3 is 16.0 Å². The molecular weight excluding hydrogens is 230 g/mol. The summed E-state index contributed by atoms with van der Waals surface area (Å²) in [5.74, 6) is -0.144. The Labute approximate surface area is 108 Å². The van der Waals surface area contributed by atoms with Crippen molar-refractivity contribution in [1.82, 2.24) is 10.2 Å². The molecule has 2 aliphatic rings. The summed E-state index contributed by atoms with van der Waals surface area (Å²) in [7, 11) is 0. The first-order chi connectivity index (χ1) is 8.62. The van der Waals surface area contributed by atoms with Crippen LogP contribution in [-0.2, 0) is 9.59 Å². The maximum absolute atomic E-state index is 11.9. The Hall–Kier alpha value is -1.10. The number of piperidine rings is 1. The largest absolute Gasteiger partial charge is 0.345 e. The lowest BCUT2D eigenvalue weighted by Gasteiger charge is -2.28. The molecule has 2 amide bonds. The van der Waals surface area contributed by atoms with Gasteiger partial charge in [-0.15, -0.1) is 0 Å². The standard InChI is InChI=1S/C13H23N3O2/c14-13(6-2-3-7-13)12(18)15-10-11(17)16-8-4-1-5-9-16/h1-10,14H2,(H,15,18). The molecule has 5 heteroatoms. The maximum atomic E-state index is 11.9. The fourth-order valence-electron chi connectivity index (χ4n) is 2.82. The minimum absolute atomic E-state index is 0.0182. The summed E-state index contributed by atoms with van der Waals surface area (Å²) < 4.78 is 0. The summed E-state index contributed by atoms with van der Waals surface area (Å²) in [5, 5.41) is 2.71. The van der Waals surface area contributed by atoms with Gasteiger partial charge >= 0.3 is 0 Å². The summed E-state index contributed by atoms with van der Waals surface area (Å²) in [6, 6.07) is 0. The zero-order valence-electron chi connectivity index (χ0n) is 10.9. The van der Waals surface area contributed by atoms with Gasteiger partial charge in [-0.25, -0.2) is 0 Å². The van der Waals surface area contributed by atoms with Gasteiger partial charge in [0.25, 0.3) is 0 Å². The molecular formula is C13H23N3O2. The van der Waals surface area contributed by atoms with E-state index >= 15 is 0 Å². The van der Waals surface area contributed by atoms with Crippen molar-refractivity contribution in [2.75, 3.05) is 19.6 Å². The van der Waals surface area contributed by atoms with Crippen molar-refractivity contribution >= 4 is 11.8 Å². The van der Waals surface area contributed by atoms with E-state index in [1.165, 1.54) is 6.42 Å². The number of amides is 2. The Morgan fingerprint density at radius 1 is 1.06 bits per heavy atom. The van der Waals surface area contributed by atoms with E-state index < -0.39 is 5.54 Å². The summed E-state index contributed by atoms with van der Waals surface area (Å²) in [4.78, 5) is 25.7. The number of likely N-dealkylation sites (tertiary alicyclic amines) is 1. The second kappa shape index (κ2) is 5.69. The third-order valence-electron chi connectivity index (χ3n) is 4.06. The van der Waals surface area contributed by atoms with E-state index in [2.05, 4.69) is 5.32 Å².